The van der Waals surface area contributed by atoms with E-state index in [-0.39, 0.29) is 24.2 Å². The van der Waals surface area contributed by atoms with Gasteiger partial charge in [-0.3, -0.25) is 9.59 Å². The Balaban J connectivity index is 1.73. The maximum atomic E-state index is 12.7. The first-order valence-corrected chi connectivity index (χ1v) is 9.34. The molecule has 3 rings (SSSR count). The Morgan fingerprint density at radius 2 is 2.12 bits per heavy atom. The van der Waals surface area contributed by atoms with E-state index in [9.17, 15) is 9.59 Å². The number of hydrogen-bond acceptors (Lipinski definition) is 3. The Hall–Kier alpha value is -2.34. The number of amides is 2. The summed E-state index contributed by atoms with van der Waals surface area (Å²) in [6.45, 7) is 2.41. The Bertz CT molecular complexity index is 838. The van der Waals surface area contributed by atoms with Crippen LogP contribution in [0.4, 0.5) is 11.4 Å². The van der Waals surface area contributed by atoms with Crippen LogP contribution in [0.5, 0.6) is 5.75 Å². The van der Waals surface area contributed by atoms with Crippen LogP contribution in [0.1, 0.15) is 18.9 Å². The van der Waals surface area contributed by atoms with Gasteiger partial charge in [0.05, 0.1) is 13.0 Å². The molecule has 1 saturated heterocycles. The Kier molecular flexibility index (Phi) is 5.61. The van der Waals surface area contributed by atoms with Crippen molar-refractivity contribution in [1.29, 1.82) is 0 Å². The summed E-state index contributed by atoms with van der Waals surface area (Å²) < 4.78 is 6.20. The second-order valence-corrected chi connectivity index (χ2v) is 7.17. The first kappa shape index (κ1) is 18.5. The highest BCUT2D eigenvalue weighted by Gasteiger charge is 2.35. The standard InChI is InChI=1S/C20H21BrN2O3/c1-3-13-9-15(21)7-8-18(13)22-20(25)14-10-19(24)23(12-14)16-5-4-6-17(11-16)26-2/h4-9,11,14H,3,10,12H2,1-2H3,(H,22,25). The minimum atomic E-state index is -0.373. The van der Waals surface area contributed by atoms with Gasteiger partial charge < -0.3 is 15.0 Å². The molecule has 1 atom stereocenters. The molecule has 26 heavy (non-hydrogen) atoms. The molecule has 6 heteroatoms. The zero-order valence-corrected chi connectivity index (χ0v) is 16.4. The molecule has 136 valence electrons. The van der Waals surface area contributed by atoms with Gasteiger partial charge in [-0.05, 0) is 42.3 Å². The fraction of sp³-hybridized carbons (Fsp3) is 0.300. The molecule has 2 aromatic rings. The third-order valence-corrected chi connectivity index (χ3v) is 5.06. The molecule has 1 heterocycles. The number of anilines is 2. The van der Waals surface area contributed by atoms with Crippen molar-refractivity contribution in [3.63, 3.8) is 0 Å². The molecule has 0 aromatic heterocycles. The maximum absolute atomic E-state index is 12.7. The van der Waals surface area contributed by atoms with Gasteiger partial charge in [0.2, 0.25) is 11.8 Å². The molecule has 1 fully saturated rings. The monoisotopic (exact) mass is 416 g/mol. The molecule has 1 aliphatic rings. The van der Waals surface area contributed by atoms with Gasteiger partial charge in [0, 0.05) is 34.9 Å². The Labute approximate surface area is 161 Å². The van der Waals surface area contributed by atoms with Crippen LogP contribution in [-0.2, 0) is 16.0 Å². The fourth-order valence-electron chi connectivity index (χ4n) is 3.12. The number of methoxy groups -OCH3 is 1. The molecule has 0 spiro atoms. The summed E-state index contributed by atoms with van der Waals surface area (Å²) >= 11 is 3.45. The highest BCUT2D eigenvalue weighted by molar-refractivity contribution is 9.10. The molecule has 5 nitrogen and oxygen atoms in total. The molecular weight excluding hydrogens is 396 g/mol. The average molecular weight is 417 g/mol. The molecule has 2 amide bonds. The summed E-state index contributed by atoms with van der Waals surface area (Å²) in [6, 6.07) is 13.1. The van der Waals surface area contributed by atoms with Crippen LogP contribution in [0.25, 0.3) is 0 Å². The first-order chi connectivity index (χ1) is 12.5. The molecule has 0 bridgehead atoms. The molecule has 1 aliphatic heterocycles. The van der Waals surface area contributed by atoms with Crippen LogP contribution in [0.2, 0.25) is 0 Å². The molecule has 2 aromatic carbocycles. The van der Waals surface area contributed by atoms with Crippen molar-refractivity contribution in [3.05, 3.63) is 52.5 Å². The molecule has 1 unspecified atom stereocenters. The zero-order valence-electron chi connectivity index (χ0n) is 14.8. The van der Waals surface area contributed by atoms with E-state index < -0.39 is 0 Å². The SMILES string of the molecule is CCc1cc(Br)ccc1NC(=O)C1CC(=O)N(c2cccc(OC)c2)C1. The predicted molar refractivity (Wildman–Crippen MR) is 106 cm³/mol. The molecule has 1 N–H and O–H groups in total. The Morgan fingerprint density at radius 1 is 1.31 bits per heavy atom. The summed E-state index contributed by atoms with van der Waals surface area (Å²) in [4.78, 5) is 26.7. The van der Waals surface area contributed by atoms with E-state index in [0.717, 1.165) is 27.8 Å². The topological polar surface area (TPSA) is 58.6 Å². The second kappa shape index (κ2) is 7.91. The predicted octanol–water partition coefficient (Wildman–Crippen LogP) is 4.01. The van der Waals surface area contributed by atoms with Gasteiger partial charge in [-0.25, -0.2) is 0 Å². The van der Waals surface area contributed by atoms with Crippen molar-refractivity contribution < 1.29 is 14.3 Å². The fourth-order valence-corrected chi connectivity index (χ4v) is 3.53. The van der Waals surface area contributed by atoms with Crippen molar-refractivity contribution in [2.45, 2.75) is 19.8 Å². The number of hydrogen-bond donors (Lipinski definition) is 1. The third kappa shape index (κ3) is 3.90. The lowest BCUT2D eigenvalue weighted by Gasteiger charge is -2.18. The molecule has 0 saturated carbocycles. The van der Waals surface area contributed by atoms with Gasteiger partial charge in [-0.1, -0.05) is 28.9 Å². The van der Waals surface area contributed by atoms with Gasteiger partial charge in [0.25, 0.3) is 0 Å². The summed E-state index contributed by atoms with van der Waals surface area (Å²) in [5.41, 5.74) is 2.61. The van der Waals surface area contributed by atoms with Crippen molar-refractivity contribution in [3.8, 4) is 5.75 Å². The van der Waals surface area contributed by atoms with Crippen LogP contribution < -0.4 is 15.0 Å². The van der Waals surface area contributed by atoms with Gasteiger partial charge in [-0.15, -0.1) is 0 Å². The highest BCUT2D eigenvalue weighted by atomic mass is 79.9. The lowest BCUT2D eigenvalue weighted by atomic mass is 10.1. The quantitative estimate of drug-likeness (QED) is 0.800. The van der Waals surface area contributed by atoms with E-state index in [1.807, 2.05) is 49.4 Å². The van der Waals surface area contributed by atoms with Crippen molar-refractivity contribution >= 4 is 39.1 Å². The molecule has 0 radical (unpaired) electrons. The number of carbonyl (C=O) groups excluding carboxylic acids is 2. The highest BCUT2D eigenvalue weighted by Crippen LogP contribution is 2.29. The summed E-state index contributed by atoms with van der Waals surface area (Å²) in [5.74, 6) is 0.137. The van der Waals surface area contributed by atoms with E-state index >= 15 is 0 Å². The number of halogens is 1. The summed E-state index contributed by atoms with van der Waals surface area (Å²) in [5, 5.41) is 2.98. The lowest BCUT2D eigenvalue weighted by molar-refractivity contribution is -0.122. The Morgan fingerprint density at radius 3 is 2.85 bits per heavy atom. The summed E-state index contributed by atoms with van der Waals surface area (Å²) in [7, 11) is 1.59. The van der Waals surface area contributed by atoms with Gasteiger partial charge >= 0.3 is 0 Å². The number of ether oxygens (including phenoxy) is 1. The van der Waals surface area contributed by atoms with Crippen molar-refractivity contribution in [2.75, 3.05) is 23.9 Å². The zero-order chi connectivity index (χ0) is 18.7. The number of nitrogens with one attached hydrogen (secondary N) is 1. The van der Waals surface area contributed by atoms with Crippen molar-refractivity contribution in [1.82, 2.24) is 0 Å². The van der Waals surface area contributed by atoms with Crippen LogP contribution in [0.15, 0.2) is 46.9 Å². The molecule has 0 aliphatic carbocycles. The van der Waals surface area contributed by atoms with E-state index in [1.54, 1.807) is 12.0 Å². The number of carbonyl (C=O) groups is 2. The second-order valence-electron chi connectivity index (χ2n) is 6.25. The number of rotatable bonds is 5. The number of benzene rings is 2. The van der Waals surface area contributed by atoms with Crippen LogP contribution in [-0.4, -0.2) is 25.5 Å². The van der Waals surface area contributed by atoms with E-state index in [4.69, 9.17) is 4.74 Å². The van der Waals surface area contributed by atoms with Crippen LogP contribution in [0.3, 0.4) is 0 Å². The summed E-state index contributed by atoms with van der Waals surface area (Å²) in [6.07, 6.45) is 1.02. The average Bonchev–Trinajstić information content (AvgIpc) is 3.05. The van der Waals surface area contributed by atoms with Gasteiger partial charge in [0.15, 0.2) is 0 Å². The minimum absolute atomic E-state index is 0.0510. The van der Waals surface area contributed by atoms with E-state index in [1.165, 1.54) is 0 Å². The molecular formula is C20H21BrN2O3. The first-order valence-electron chi connectivity index (χ1n) is 8.55. The normalized spacial score (nSPS) is 16.7. The van der Waals surface area contributed by atoms with Gasteiger partial charge in [-0.2, -0.15) is 0 Å². The van der Waals surface area contributed by atoms with Crippen LogP contribution >= 0.6 is 15.9 Å². The van der Waals surface area contributed by atoms with E-state index in [0.29, 0.717) is 12.3 Å². The van der Waals surface area contributed by atoms with Gasteiger partial charge in [0.1, 0.15) is 5.75 Å². The largest absolute Gasteiger partial charge is 0.497 e. The maximum Gasteiger partial charge on any atom is 0.229 e. The smallest absolute Gasteiger partial charge is 0.229 e. The third-order valence-electron chi connectivity index (χ3n) is 4.57. The lowest BCUT2D eigenvalue weighted by Crippen LogP contribution is -2.28. The van der Waals surface area contributed by atoms with E-state index in [2.05, 4.69) is 21.2 Å². The number of aryl methyl sites for hydroxylation is 1. The van der Waals surface area contributed by atoms with Crippen LogP contribution in [0, 0.1) is 5.92 Å². The van der Waals surface area contributed by atoms with Crippen molar-refractivity contribution in [2.24, 2.45) is 5.92 Å². The number of nitrogens with zero attached hydrogens (tertiary/aromatic N) is 1. The minimum Gasteiger partial charge on any atom is -0.497 e.